The number of halogens is 1. The number of anilines is 1. The number of nitrogens with zero attached hydrogens (tertiary/aromatic N) is 1. The van der Waals surface area contributed by atoms with Gasteiger partial charge in [-0.15, -0.1) is 0 Å². The molecule has 0 saturated carbocycles. The molecule has 0 aliphatic heterocycles. The molecule has 0 saturated heterocycles. The summed E-state index contributed by atoms with van der Waals surface area (Å²) >= 11 is 3.55. The van der Waals surface area contributed by atoms with Crippen LogP contribution in [-0.4, -0.2) is 13.6 Å². The highest BCUT2D eigenvalue weighted by Crippen LogP contribution is 2.25. The van der Waals surface area contributed by atoms with E-state index in [2.05, 4.69) is 66.8 Å². The van der Waals surface area contributed by atoms with E-state index >= 15 is 0 Å². The second-order valence-electron chi connectivity index (χ2n) is 5.40. The van der Waals surface area contributed by atoms with Crippen LogP contribution >= 0.6 is 15.9 Å². The summed E-state index contributed by atoms with van der Waals surface area (Å²) in [5, 5.41) is 0. The van der Waals surface area contributed by atoms with Crippen LogP contribution in [0.4, 0.5) is 5.69 Å². The van der Waals surface area contributed by atoms with Crippen molar-refractivity contribution in [3.8, 4) is 0 Å². The van der Waals surface area contributed by atoms with Crippen molar-refractivity contribution in [3.63, 3.8) is 0 Å². The first-order chi connectivity index (χ1) is 7.33. The molecule has 16 heavy (non-hydrogen) atoms. The fraction of sp³-hybridized carbons (Fsp3) is 0.538. The number of rotatable bonds is 3. The number of hydrogen-bond donors (Lipinski definition) is 1. The quantitative estimate of drug-likeness (QED) is 0.922. The number of benzene rings is 1. The maximum Gasteiger partial charge on any atom is 0.0375 e. The molecule has 0 spiro atoms. The zero-order chi connectivity index (χ0) is 12.3. The minimum absolute atomic E-state index is 0.299. The molecule has 90 valence electrons. The van der Waals surface area contributed by atoms with Gasteiger partial charge in [-0.25, -0.2) is 0 Å². The minimum Gasteiger partial charge on any atom is -0.374 e. The average molecular weight is 285 g/mol. The zero-order valence-electron chi connectivity index (χ0n) is 10.5. The highest BCUT2D eigenvalue weighted by Gasteiger charge is 2.14. The smallest absolute Gasteiger partial charge is 0.0375 e. The topological polar surface area (TPSA) is 29.3 Å². The van der Waals surface area contributed by atoms with Gasteiger partial charge < -0.3 is 10.6 Å². The Hall–Kier alpha value is -0.540. The van der Waals surface area contributed by atoms with E-state index in [1.54, 1.807) is 0 Å². The Morgan fingerprint density at radius 2 is 1.94 bits per heavy atom. The van der Waals surface area contributed by atoms with Crippen LogP contribution in [0.5, 0.6) is 0 Å². The van der Waals surface area contributed by atoms with Gasteiger partial charge in [-0.1, -0.05) is 42.8 Å². The Bertz CT molecular complexity index is 355. The highest BCUT2D eigenvalue weighted by molar-refractivity contribution is 9.10. The summed E-state index contributed by atoms with van der Waals surface area (Å²) in [6.45, 7) is 8.33. The number of hydrogen-bond acceptors (Lipinski definition) is 2. The lowest BCUT2D eigenvalue weighted by Gasteiger charge is -2.28. The van der Waals surface area contributed by atoms with Crippen LogP contribution in [-0.2, 0) is 6.54 Å². The molecule has 0 radical (unpaired) electrons. The van der Waals surface area contributed by atoms with E-state index < -0.39 is 0 Å². The summed E-state index contributed by atoms with van der Waals surface area (Å²) in [6, 6.07) is 6.34. The monoisotopic (exact) mass is 284 g/mol. The first-order valence-corrected chi connectivity index (χ1v) is 6.32. The second-order valence-corrected chi connectivity index (χ2v) is 6.25. The molecule has 0 heterocycles. The van der Waals surface area contributed by atoms with Gasteiger partial charge in [-0.05, 0) is 23.1 Å². The van der Waals surface area contributed by atoms with Crippen LogP contribution in [0.25, 0.3) is 0 Å². The van der Waals surface area contributed by atoms with Crippen LogP contribution < -0.4 is 10.6 Å². The van der Waals surface area contributed by atoms with Gasteiger partial charge >= 0.3 is 0 Å². The Labute approximate surface area is 107 Å². The van der Waals surface area contributed by atoms with Gasteiger partial charge in [0.1, 0.15) is 0 Å². The zero-order valence-corrected chi connectivity index (χ0v) is 12.1. The molecular formula is C13H21BrN2. The molecular weight excluding hydrogens is 264 g/mol. The maximum absolute atomic E-state index is 5.63. The molecule has 0 unspecified atom stereocenters. The Balaban J connectivity index is 2.85. The van der Waals surface area contributed by atoms with Gasteiger partial charge in [0.25, 0.3) is 0 Å². The molecule has 0 atom stereocenters. The Morgan fingerprint density at radius 3 is 2.38 bits per heavy atom. The molecule has 0 fully saturated rings. The van der Waals surface area contributed by atoms with Gasteiger partial charge in [-0.2, -0.15) is 0 Å². The first-order valence-electron chi connectivity index (χ1n) is 5.53. The fourth-order valence-electron chi connectivity index (χ4n) is 1.74. The summed E-state index contributed by atoms with van der Waals surface area (Å²) in [7, 11) is 2.12. The third-order valence-corrected chi connectivity index (χ3v) is 3.15. The molecule has 2 N–H and O–H groups in total. The molecule has 2 nitrogen and oxygen atoms in total. The van der Waals surface area contributed by atoms with Gasteiger partial charge in [0.2, 0.25) is 0 Å². The van der Waals surface area contributed by atoms with Crippen molar-refractivity contribution in [2.24, 2.45) is 11.1 Å². The highest BCUT2D eigenvalue weighted by atomic mass is 79.9. The normalized spacial score (nSPS) is 11.6. The standard InChI is InChI=1S/C13H21BrN2/c1-13(2,3)9-16(4)11-6-5-10(8-15)12(14)7-11/h5-7H,8-9,15H2,1-4H3. The van der Waals surface area contributed by atoms with Crippen LogP contribution in [0.1, 0.15) is 26.3 Å². The van der Waals surface area contributed by atoms with E-state index in [1.807, 2.05) is 0 Å². The molecule has 0 aliphatic rings. The second kappa shape index (κ2) is 5.19. The van der Waals surface area contributed by atoms with Crippen LogP contribution in [0.2, 0.25) is 0 Å². The van der Waals surface area contributed by atoms with E-state index in [9.17, 15) is 0 Å². The third kappa shape index (κ3) is 3.80. The van der Waals surface area contributed by atoms with Crippen molar-refractivity contribution >= 4 is 21.6 Å². The van der Waals surface area contributed by atoms with E-state index in [0.717, 1.165) is 16.6 Å². The van der Waals surface area contributed by atoms with Crippen LogP contribution in [0.15, 0.2) is 22.7 Å². The molecule has 0 aliphatic carbocycles. The van der Waals surface area contributed by atoms with E-state index in [-0.39, 0.29) is 0 Å². The van der Waals surface area contributed by atoms with Crippen molar-refractivity contribution in [1.82, 2.24) is 0 Å². The molecule has 3 heteroatoms. The van der Waals surface area contributed by atoms with Crippen molar-refractivity contribution in [2.75, 3.05) is 18.5 Å². The van der Waals surface area contributed by atoms with Crippen LogP contribution in [0, 0.1) is 5.41 Å². The third-order valence-electron chi connectivity index (χ3n) is 2.41. The molecule has 0 amide bonds. The molecule has 0 bridgehead atoms. The van der Waals surface area contributed by atoms with E-state index in [0.29, 0.717) is 12.0 Å². The molecule has 0 aromatic heterocycles. The summed E-state index contributed by atoms with van der Waals surface area (Å²) < 4.78 is 1.09. The van der Waals surface area contributed by atoms with Gasteiger partial charge in [-0.3, -0.25) is 0 Å². The summed E-state index contributed by atoms with van der Waals surface area (Å²) in [6.07, 6.45) is 0. The van der Waals surface area contributed by atoms with Gasteiger partial charge in [0.05, 0.1) is 0 Å². The lowest BCUT2D eigenvalue weighted by Crippen LogP contribution is -2.29. The average Bonchev–Trinajstić information content (AvgIpc) is 2.15. The van der Waals surface area contributed by atoms with Gasteiger partial charge in [0.15, 0.2) is 0 Å². The van der Waals surface area contributed by atoms with E-state index in [1.165, 1.54) is 5.69 Å². The molecule has 1 aromatic carbocycles. The largest absolute Gasteiger partial charge is 0.374 e. The van der Waals surface area contributed by atoms with Crippen molar-refractivity contribution < 1.29 is 0 Å². The lowest BCUT2D eigenvalue weighted by molar-refractivity contribution is 0.419. The fourth-order valence-corrected chi connectivity index (χ4v) is 2.27. The van der Waals surface area contributed by atoms with Crippen molar-refractivity contribution in [2.45, 2.75) is 27.3 Å². The first kappa shape index (κ1) is 13.5. The Morgan fingerprint density at radius 1 is 1.31 bits per heavy atom. The minimum atomic E-state index is 0.299. The summed E-state index contributed by atoms with van der Waals surface area (Å²) in [4.78, 5) is 2.27. The van der Waals surface area contributed by atoms with Crippen molar-refractivity contribution in [1.29, 1.82) is 0 Å². The lowest BCUT2D eigenvalue weighted by atomic mass is 9.96. The summed E-state index contributed by atoms with van der Waals surface area (Å²) in [5.74, 6) is 0. The maximum atomic E-state index is 5.63. The summed E-state index contributed by atoms with van der Waals surface area (Å²) in [5.41, 5.74) is 8.30. The van der Waals surface area contributed by atoms with Crippen LogP contribution in [0.3, 0.4) is 0 Å². The molecule has 1 aromatic rings. The molecule has 1 rings (SSSR count). The van der Waals surface area contributed by atoms with E-state index in [4.69, 9.17) is 5.73 Å². The number of nitrogens with two attached hydrogens (primary N) is 1. The Kier molecular flexibility index (Phi) is 4.39. The predicted octanol–water partition coefficient (Wildman–Crippen LogP) is 3.39. The predicted molar refractivity (Wildman–Crippen MR) is 74.8 cm³/mol. The van der Waals surface area contributed by atoms with Gasteiger partial charge in [0, 0.05) is 30.3 Å². The van der Waals surface area contributed by atoms with Crippen molar-refractivity contribution in [3.05, 3.63) is 28.2 Å². The SMILES string of the molecule is CN(CC(C)(C)C)c1ccc(CN)c(Br)c1.